The fraction of sp³-hybridized carbons (Fsp3) is 0.160. The van der Waals surface area contributed by atoms with Crippen LogP contribution in [0.5, 0.6) is 11.5 Å². The predicted octanol–water partition coefficient (Wildman–Crippen LogP) is 6.70. The van der Waals surface area contributed by atoms with E-state index < -0.39 is 6.10 Å². The lowest BCUT2D eigenvalue weighted by molar-refractivity contribution is 0.102. The van der Waals surface area contributed by atoms with Gasteiger partial charge in [-0.3, -0.25) is 9.36 Å². The number of benzene rings is 3. The van der Waals surface area contributed by atoms with Crippen LogP contribution in [0.3, 0.4) is 0 Å². The Morgan fingerprint density at radius 3 is 2.41 bits per heavy atom. The van der Waals surface area contributed by atoms with E-state index in [0.29, 0.717) is 38.1 Å². The Morgan fingerprint density at radius 1 is 1.00 bits per heavy atom. The van der Waals surface area contributed by atoms with Crippen LogP contribution < -0.4 is 9.47 Å². The molecule has 1 atom stereocenters. The van der Waals surface area contributed by atoms with E-state index in [1.807, 2.05) is 66.1 Å². The first-order valence-corrected chi connectivity index (χ1v) is 12.1. The normalized spacial score (nSPS) is 11.8. The molecule has 4 rings (SSSR count). The van der Waals surface area contributed by atoms with Crippen molar-refractivity contribution in [3.8, 4) is 17.2 Å². The molecule has 0 saturated carbocycles. The average Bonchev–Trinajstić information content (AvgIpc) is 3.27. The topological polar surface area (TPSA) is 66.2 Å². The number of ether oxygens (including phenoxy) is 2. The van der Waals surface area contributed by atoms with E-state index >= 15 is 0 Å². The number of carbonyl (C=O) groups excluding carboxylic acids is 1. The Morgan fingerprint density at radius 2 is 1.71 bits per heavy atom. The van der Waals surface area contributed by atoms with Gasteiger partial charge in [0.2, 0.25) is 0 Å². The summed E-state index contributed by atoms with van der Waals surface area (Å²) in [4.78, 5) is 12.8. The number of nitrogens with zero attached hydrogens (tertiary/aromatic N) is 3. The average molecular weight is 514 g/mol. The van der Waals surface area contributed by atoms with Crippen molar-refractivity contribution < 1.29 is 14.3 Å². The molecule has 174 valence electrons. The van der Waals surface area contributed by atoms with Crippen LogP contribution in [0.1, 0.15) is 29.2 Å². The minimum atomic E-state index is -0.445. The molecule has 0 amide bonds. The number of thioether (sulfide) groups is 1. The van der Waals surface area contributed by atoms with Crippen molar-refractivity contribution in [1.82, 2.24) is 14.8 Å². The maximum absolute atomic E-state index is 12.8. The Bertz CT molecular complexity index is 1300. The molecular weight excluding hydrogens is 493 g/mol. The largest absolute Gasteiger partial charge is 0.493 e. The summed E-state index contributed by atoms with van der Waals surface area (Å²) in [5.74, 6) is 1.82. The van der Waals surface area contributed by atoms with E-state index in [9.17, 15) is 4.79 Å². The maximum Gasteiger partial charge on any atom is 0.196 e. The molecule has 3 aromatic carbocycles. The number of aromatic nitrogens is 3. The zero-order valence-electron chi connectivity index (χ0n) is 18.4. The summed E-state index contributed by atoms with van der Waals surface area (Å²) >= 11 is 13.4. The second kappa shape index (κ2) is 11.0. The third-order valence-corrected chi connectivity index (χ3v) is 6.45. The summed E-state index contributed by atoms with van der Waals surface area (Å²) in [6, 6.07) is 21.9. The Balaban J connectivity index is 1.61. The Hall–Kier alpha value is -3.00. The highest BCUT2D eigenvalue weighted by Gasteiger charge is 2.23. The van der Waals surface area contributed by atoms with Crippen LogP contribution in [0.25, 0.3) is 5.69 Å². The fourth-order valence-electron chi connectivity index (χ4n) is 3.34. The minimum absolute atomic E-state index is 0.130. The maximum atomic E-state index is 12.8. The smallest absolute Gasteiger partial charge is 0.196 e. The van der Waals surface area contributed by atoms with Gasteiger partial charge in [0.1, 0.15) is 0 Å². The van der Waals surface area contributed by atoms with Crippen molar-refractivity contribution in [2.75, 3.05) is 12.9 Å². The van der Waals surface area contributed by atoms with Gasteiger partial charge in [0.05, 0.1) is 17.9 Å². The van der Waals surface area contributed by atoms with E-state index in [1.54, 1.807) is 25.3 Å². The second-order valence-electron chi connectivity index (χ2n) is 7.26. The van der Waals surface area contributed by atoms with Crippen LogP contribution in [-0.2, 0) is 0 Å². The van der Waals surface area contributed by atoms with Gasteiger partial charge in [-0.05, 0) is 49.4 Å². The van der Waals surface area contributed by atoms with Gasteiger partial charge in [-0.2, -0.15) is 0 Å². The monoisotopic (exact) mass is 513 g/mol. The molecule has 0 aliphatic heterocycles. The summed E-state index contributed by atoms with van der Waals surface area (Å²) in [6.07, 6.45) is -0.445. The van der Waals surface area contributed by atoms with E-state index in [2.05, 4.69) is 10.2 Å². The molecule has 9 heteroatoms. The van der Waals surface area contributed by atoms with Crippen molar-refractivity contribution in [2.45, 2.75) is 18.2 Å². The molecule has 0 fully saturated rings. The van der Waals surface area contributed by atoms with Gasteiger partial charge in [0.25, 0.3) is 0 Å². The molecule has 1 unspecified atom stereocenters. The third kappa shape index (κ3) is 5.38. The zero-order chi connectivity index (χ0) is 24.1. The van der Waals surface area contributed by atoms with E-state index in [0.717, 1.165) is 5.69 Å². The molecule has 0 aliphatic carbocycles. The lowest BCUT2D eigenvalue weighted by atomic mass is 10.1. The highest BCUT2D eigenvalue weighted by atomic mass is 35.5. The summed E-state index contributed by atoms with van der Waals surface area (Å²) < 4.78 is 13.5. The number of halogens is 2. The number of carbonyl (C=O) groups is 1. The number of hydrogen-bond donors (Lipinski definition) is 0. The summed E-state index contributed by atoms with van der Waals surface area (Å²) in [7, 11) is 1.60. The van der Waals surface area contributed by atoms with Crippen molar-refractivity contribution in [2.24, 2.45) is 0 Å². The Labute approximate surface area is 211 Å². The molecule has 1 aromatic heterocycles. The van der Waals surface area contributed by atoms with Crippen molar-refractivity contribution in [3.05, 3.63) is 94.2 Å². The van der Waals surface area contributed by atoms with Gasteiger partial charge in [-0.1, -0.05) is 65.3 Å². The summed E-state index contributed by atoms with van der Waals surface area (Å²) in [5.41, 5.74) is 1.27. The number of ketones is 1. The molecule has 0 spiro atoms. The van der Waals surface area contributed by atoms with Crippen molar-refractivity contribution in [3.63, 3.8) is 0 Å². The first-order valence-electron chi connectivity index (χ1n) is 10.4. The van der Waals surface area contributed by atoms with Crippen molar-refractivity contribution >= 4 is 40.7 Å². The summed E-state index contributed by atoms with van der Waals surface area (Å²) in [5, 5.41) is 10.1. The number of Topliss-reactive ketones (excluding diaryl/α,β-unsaturated/α-hetero) is 1. The molecule has 1 heterocycles. The number of para-hydroxylation sites is 3. The molecule has 0 radical (unpaired) electrons. The first kappa shape index (κ1) is 24.1. The third-order valence-electron chi connectivity index (χ3n) is 4.97. The highest BCUT2D eigenvalue weighted by Crippen LogP contribution is 2.33. The van der Waals surface area contributed by atoms with Crippen LogP contribution >= 0.6 is 35.0 Å². The van der Waals surface area contributed by atoms with Crippen molar-refractivity contribution in [1.29, 1.82) is 0 Å². The van der Waals surface area contributed by atoms with Gasteiger partial charge >= 0.3 is 0 Å². The fourth-order valence-corrected chi connectivity index (χ4v) is 4.70. The van der Waals surface area contributed by atoms with Crippen LogP contribution in [0.2, 0.25) is 10.0 Å². The van der Waals surface area contributed by atoms with E-state index in [1.165, 1.54) is 11.8 Å². The van der Waals surface area contributed by atoms with Crippen LogP contribution in [0.4, 0.5) is 0 Å². The zero-order valence-corrected chi connectivity index (χ0v) is 20.8. The van der Waals surface area contributed by atoms with Gasteiger partial charge < -0.3 is 9.47 Å². The molecule has 0 N–H and O–H groups in total. The van der Waals surface area contributed by atoms with Crippen LogP contribution in [0.15, 0.2) is 78.0 Å². The van der Waals surface area contributed by atoms with Gasteiger partial charge in [0.15, 0.2) is 34.4 Å². The highest BCUT2D eigenvalue weighted by molar-refractivity contribution is 7.99. The Kier molecular flexibility index (Phi) is 7.77. The lowest BCUT2D eigenvalue weighted by Gasteiger charge is -2.18. The van der Waals surface area contributed by atoms with E-state index in [4.69, 9.17) is 32.7 Å². The molecule has 34 heavy (non-hydrogen) atoms. The van der Waals surface area contributed by atoms with Crippen LogP contribution in [0, 0.1) is 0 Å². The summed E-state index contributed by atoms with van der Waals surface area (Å²) in [6.45, 7) is 1.89. The number of rotatable bonds is 9. The van der Waals surface area contributed by atoms with Gasteiger partial charge in [0, 0.05) is 16.3 Å². The van der Waals surface area contributed by atoms with Gasteiger partial charge in [-0.25, -0.2) is 0 Å². The molecule has 6 nitrogen and oxygen atoms in total. The number of methoxy groups -OCH3 is 1. The SMILES string of the molecule is COc1ccccc1OC(C)c1nnc(SCC(=O)c2ccc(Cl)cc2Cl)n1-c1ccccc1. The molecule has 0 bridgehead atoms. The predicted molar refractivity (Wildman–Crippen MR) is 135 cm³/mol. The van der Waals surface area contributed by atoms with E-state index in [-0.39, 0.29) is 11.5 Å². The molecule has 4 aromatic rings. The molecule has 0 aliphatic rings. The standard InChI is InChI=1S/C25H21Cl2N3O3S/c1-16(33-23-11-7-6-10-22(23)32-2)24-28-29-25(30(24)18-8-4-3-5-9-18)34-15-21(31)19-13-12-17(26)14-20(19)27/h3-14,16H,15H2,1-2H3. The number of hydrogen-bond acceptors (Lipinski definition) is 6. The van der Waals surface area contributed by atoms with Gasteiger partial charge in [-0.15, -0.1) is 10.2 Å². The van der Waals surface area contributed by atoms with Crippen LogP contribution in [-0.4, -0.2) is 33.4 Å². The molecule has 0 saturated heterocycles. The quantitative estimate of drug-likeness (QED) is 0.183. The minimum Gasteiger partial charge on any atom is -0.493 e. The lowest BCUT2D eigenvalue weighted by Crippen LogP contribution is -2.12. The molecular formula is C25H21Cl2N3O3S. The first-order chi connectivity index (χ1) is 16.5. The second-order valence-corrected chi connectivity index (χ2v) is 9.04.